The number of benzene rings is 1. The molecular formula is C14H22N2O. The number of likely N-dealkylation sites (N-methyl/N-ethyl adjacent to an activating group) is 1. The third kappa shape index (κ3) is 3.20. The summed E-state index contributed by atoms with van der Waals surface area (Å²) in [6.07, 6.45) is 3.30. The number of nitrogens with zero attached hydrogens (tertiary/aromatic N) is 1. The average Bonchev–Trinajstić information content (AvgIpc) is 2.35. The fraction of sp³-hybridized carbons (Fsp3) is 0.571. The van der Waals surface area contributed by atoms with Crippen molar-refractivity contribution in [2.75, 3.05) is 20.7 Å². The van der Waals surface area contributed by atoms with Crippen LogP contribution in [0.5, 0.6) is 5.75 Å². The summed E-state index contributed by atoms with van der Waals surface area (Å²) in [7, 11) is 3.89. The highest BCUT2D eigenvalue weighted by atomic mass is 16.5. The molecule has 0 spiro atoms. The first-order chi connectivity index (χ1) is 8.19. The van der Waals surface area contributed by atoms with Gasteiger partial charge in [0, 0.05) is 12.1 Å². The molecule has 1 heterocycles. The molecule has 94 valence electrons. The minimum absolute atomic E-state index is 0.370. The van der Waals surface area contributed by atoms with Gasteiger partial charge in [-0.05, 0) is 50.6 Å². The van der Waals surface area contributed by atoms with Crippen LogP contribution in [0.1, 0.15) is 18.4 Å². The van der Waals surface area contributed by atoms with E-state index in [1.165, 1.54) is 5.56 Å². The summed E-state index contributed by atoms with van der Waals surface area (Å²) >= 11 is 0. The van der Waals surface area contributed by atoms with Gasteiger partial charge in [0.2, 0.25) is 0 Å². The number of hydrogen-bond donors (Lipinski definition) is 1. The topological polar surface area (TPSA) is 38.5 Å². The van der Waals surface area contributed by atoms with Crippen LogP contribution in [-0.2, 0) is 6.42 Å². The molecule has 1 aliphatic heterocycles. The molecule has 1 saturated heterocycles. The number of ether oxygens (including phenoxy) is 1. The summed E-state index contributed by atoms with van der Waals surface area (Å²) in [5.74, 6) is 0.919. The number of methoxy groups -OCH3 is 1. The van der Waals surface area contributed by atoms with Gasteiger partial charge in [-0.2, -0.15) is 0 Å². The molecule has 0 amide bonds. The minimum atomic E-state index is 0.370. The zero-order valence-corrected chi connectivity index (χ0v) is 10.7. The molecule has 0 aliphatic carbocycles. The molecule has 0 radical (unpaired) electrons. The lowest BCUT2D eigenvalue weighted by Crippen LogP contribution is -2.45. The number of likely N-dealkylation sites (tertiary alicyclic amines) is 1. The first kappa shape index (κ1) is 12.4. The van der Waals surface area contributed by atoms with Crippen molar-refractivity contribution in [1.82, 2.24) is 4.90 Å². The lowest BCUT2D eigenvalue weighted by molar-refractivity contribution is 0.169. The molecule has 3 heteroatoms. The molecule has 2 unspecified atom stereocenters. The first-order valence-electron chi connectivity index (χ1n) is 6.28. The van der Waals surface area contributed by atoms with Crippen molar-refractivity contribution >= 4 is 0 Å². The zero-order chi connectivity index (χ0) is 12.3. The third-order valence-corrected chi connectivity index (χ3v) is 3.68. The van der Waals surface area contributed by atoms with Crippen molar-refractivity contribution in [1.29, 1.82) is 0 Å². The van der Waals surface area contributed by atoms with E-state index in [4.69, 9.17) is 10.5 Å². The van der Waals surface area contributed by atoms with E-state index in [2.05, 4.69) is 24.1 Å². The summed E-state index contributed by atoms with van der Waals surface area (Å²) in [5, 5.41) is 0. The van der Waals surface area contributed by atoms with Crippen molar-refractivity contribution < 1.29 is 4.74 Å². The fourth-order valence-electron chi connectivity index (χ4n) is 2.47. The Bertz CT molecular complexity index is 350. The van der Waals surface area contributed by atoms with Gasteiger partial charge in [-0.15, -0.1) is 0 Å². The van der Waals surface area contributed by atoms with Crippen molar-refractivity contribution in [3.05, 3.63) is 29.8 Å². The maximum atomic E-state index is 6.04. The van der Waals surface area contributed by atoms with Gasteiger partial charge in [0.25, 0.3) is 0 Å². The van der Waals surface area contributed by atoms with Gasteiger partial charge in [-0.25, -0.2) is 0 Å². The molecule has 0 aromatic heterocycles. The van der Waals surface area contributed by atoms with Crippen LogP contribution in [-0.4, -0.2) is 37.7 Å². The van der Waals surface area contributed by atoms with Crippen LogP contribution in [0, 0.1) is 0 Å². The molecule has 1 aromatic rings. The lowest BCUT2D eigenvalue weighted by atomic mass is 9.93. The van der Waals surface area contributed by atoms with Crippen molar-refractivity contribution in [2.45, 2.75) is 31.3 Å². The second-order valence-electron chi connectivity index (χ2n) is 4.97. The molecule has 3 nitrogen and oxygen atoms in total. The second kappa shape index (κ2) is 5.52. The number of piperidine rings is 1. The van der Waals surface area contributed by atoms with Crippen LogP contribution in [0.2, 0.25) is 0 Å². The smallest absolute Gasteiger partial charge is 0.118 e. The highest BCUT2D eigenvalue weighted by molar-refractivity contribution is 5.27. The van der Waals surface area contributed by atoms with E-state index < -0.39 is 0 Å². The average molecular weight is 234 g/mol. The first-order valence-corrected chi connectivity index (χ1v) is 6.28. The van der Waals surface area contributed by atoms with E-state index in [1.807, 2.05) is 12.1 Å². The summed E-state index contributed by atoms with van der Waals surface area (Å²) in [5.41, 5.74) is 7.40. The molecule has 0 saturated carbocycles. The van der Waals surface area contributed by atoms with Crippen LogP contribution in [0.25, 0.3) is 0 Å². The number of nitrogens with two attached hydrogens (primary N) is 1. The van der Waals surface area contributed by atoms with Gasteiger partial charge in [0.15, 0.2) is 0 Å². The quantitative estimate of drug-likeness (QED) is 0.864. The van der Waals surface area contributed by atoms with Gasteiger partial charge >= 0.3 is 0 Å². The predicted molar refractivity (Wildman–Crippen MR) is 70.3 cm³/mol. The SMILES string of the molecule is COc1ccc(CC2CC(N)CCN2C)cc1. The fourth-order valence-corrected chi connectivity index (χ4v) is 2.47. The van der Waals surface area contributed by atoms with Crippen LogP contribution >= 0.6 is 0 Å². The van der Waals surface area contributed by atoms with Crippen LogP contribution in [0.15, 0.2) is 24.3 Å². The maximum absolute atomic E-state index is 6.04. The van der Waals surface area contributed by atoms with Crippen LogP contribution in [0.3, 0.4) is 0 Å². The second-order valence-corrected chi connectivity index (χ2v) is 4.97. The molecule has 1 aromatic carbocycles. The Morgan fingerprint density at radius 2 is 2.06 bits per heavy atom. The standard InChI is InChI=1S/C14H22N2O/c1-16-8-7-12(15)10-13(16)9-11-3-5-14(17-2)6-4-11/h3-6,12-13H,7-10,15H2,1-2H3. The summed E-state index contributed by atoms with van der Waals surface area (Å²) in [4.78, 5) is 2.42. The summed E-state index contributed by atoms with van der Waals surface area (Å²) < 4.78 is 5.17. The molecule has 1 aliphatic rings. The van der Waals surface area contributed by atoms with E-state index in [0.717, 1.165) is 31.6 Å². The van der Waals surface area contributed by atoms with Crippen molar-refractivity contribution in [2.24, 2.45) is 5.73 Å². The molecule has 0 bridgehead atoms. The van der Waals surface area contributed by atoms with Gasteiger partial charge in [-0.1, -0.05) is 12.1 Å². The van der Waals surface area contributed by atoms with Crippen LogP contribution < -0.4 is 10.5 Å². The molecule has 2 N–H and O–H groups in total. The Morgan fingerprint density at radius 3 is 2.71 bits per heavy atom. The predicted octanol–water partition coefficient (Wildman–Crippen LogP) is 1.66. The Balaban J connectivity index is 1.98. The third-order valence-electron chi connectivity index (χ3n) is 3.68. The van der Waals surface area contributed by atoms with E-state index in [1.54, 1.807) is 7.11 Å². The Labute approximate surface area is 104 Å². The molecular weight excluding hydrogens is 212 g/mol. The molecule has 1 fully saturated rings. The van der Waals surface area contributed by atoms with Gasteiger partial charge in [0.05, 0.1) is 7.11 Å². The monoisotopic (exact) mass is 234 g/mol. The number of hydrogen-bond acceptors (Lipinski definition) is 3. The zero-order valence-electron chi connectivity index (χ0n) is 10.7. The molecule has 2 rings (SSSR count). The largest absolute Gasteiger partial charge is 0.497 e. The van der Waals surface area contributed by atoms with Gasteiger partial charge in [-0.3, -0.25) is 0 Å². The molecule has 2 atom stereocenters. The van der Waals surface area contributed by atoms with Crippen LogP contribution in [0.4, 0.5) is 0 Å². The van der Waals surface area contributed by atoms with Crippen molar-refractivity contribution in [3.63, 3.8) is 0 Å². The van der Waals surface area contributed by atoms with Gasteiger partial charge < -0.3 is 15.4 Å². The highest BCUT2D eigenvalue weighted by Gasteiger charge is 2.23. The Hall–Kier alpha value is -1.06. The normalized spacial score (nSPS) is 25.8. The Morgan fingerprint density at radius 1 is 1.35 bits per heavy atom. The van der Waals surface area contributed by atoms with E-state index in [-0.39, 0.29) is 0 Å². The number of rotatable bonds is 3. The summed E-state index contributed by atoms with van der Waals surface area (Å²) in [6, 6.07) is 9.29. The lowest BCUT2D eigenvalue weighted by Gasteiger charge is -2.35. The van der Waals surface area contributed by atoms with Gasteiger partial charge in [0.1, 0.15) is 5.75 Å². The minimum Gasteiger partial charge on any atom is -0.497 e. The van der Waals surface area contributed by atoms with E-state index in [0.29, 0.717) is 12.1 Å². The van der Waals surface area contributed by atoms with E-state index >= 15 is 0 Å². The summed E-state index contributed by atoms with van der Waals surface area (Å²) in [6.45, 7) is 1.11. The highest BCUT2D eigenvalue weighted by Crippen LogP contribution is 2.20. The van der Waals surface area contributed by atoms with Crippen molar-refractivity contribution in [3.8, 4) is 5.75 Å². The molecule has 17 heavy (non-hydrogen) atoms. The van der Waals surface area contributed by atoms with E-state index in [9.17, 15) is 0 Å². The maximum Gasteiger partial charge on any atom is 0.118 e. The Kier molecular flexibility index (Phi) is 4.02.